The number of fused-ring (bicyclic) bond motifs is 1. The van der Waals surface area contributed by atoms with Crippen LogP contribution in [0.5, 0.6) is 0 Å². The van der Waals surface area contributed by atoms with Gasteiger partial charge in [-0.15, -0.1) is 0 Å². The van der Waals surface area contributed by atoms with Crippen LogP contribution in [0.25, 0.3) is 0 Å². The van der Waals surface area contributed by atoms with E-state index < -0.39 is 10.0 Å². The summed E-state index contributed by atoms with van der Waals surface area (Å²) in [5, 5.41) is 3.35. The van der Waals surface area contributed by atoms with Crippen LogP contribution in [0.3, 0.4) is 0 Å². The average Bonchev–Trinajstić information content (AvgIpc) is 2.83. The quantitative estimate of drug-likeness (QED) is 0.903. The summed E-state index contributed by atoms with van der Waals surface area (Å²) < 4.78 is 28.4. The Hall–Kier alpha value is -1.07. The molecule has 1 fully saturated rings. The summed E-state index contributed by atoms with van der Waals surface area (Å²) in [4.78, 5) is 0.467. The minimum absolute atomic E-state index is 0.0958. The number of anilines is 1. The van der Waals surface area contributed by atoms with Gasteiger partial charge in [0.15, 0.2) is 0 Å². The third-order valence-electron chi connectivity index (χ3n) is 4.69. The molecule has 0 saturated heterocycles. The summed E-state index contributed by atoms with van der Waals surface area (Å²) in [7, 11) is -3.42. The summed E-state index contributed by atoms with van der Waals surface area (Å²) in [6, 6.07) is 3.77. The third kappa shape index (κ3) is 2.94. The summed E-state index contributed by atoms with van der Waals surface area (Å²) in [6.07, 6.45) is 4.83. The molecule has 116 valence electrons. The largest absolute Gasteiger partial charge is 0.385 e. The van der Waals surface area contributed by atoms with Crippen LogP contribution in [-0.2, 0) is 16.4 Å². The molecule has 1 heterocycles. The van der Waals surface area contributed by atoms with E-state index in [4.69, 9.17) is 0 Å². The van der Waals surface area contributed by atoms with E-state index in [0.717, 1.165) is 55.5 Å². The third-order valence-corrected chi connectivity index (χ3v) is 6.29. The highest BCUT2D eigenvalue weighted by atomic mass is 32.2. The van der Waals surface area contributed by atoms with E-state index in [0.29, 0.717) is 10.8 Å². The van der Waals surface area contributed by atoms with Crippen molar-refractivity contribution in [1.29, 1.82) is 0 Å². The smallest absolute Gasteiger partial charge is 0.241 e. The van der Waals surface area contributed by atoms with Gasteiger partial charge in [-0.25, -0.2) is 13.1 Å². The second-order valence-corrected chi connectivity index (χ2v) is 8.18. The molecule has 5 heteroatoms. The van der Waals surface area contributed by atoms with Crippen LogP contribution in [0.2, 0.25) is 0 Å². The van der Waals surface area contributed by atoms with Gasteiger partial charge in [0.1, 0.15) is 0 Å². The van der Waals surface area contributed by atoms with Crippen LogP contribution >= 0.6 is 0 Å². The normalized spacial score (nSPS) is 25.4. The topological polar surface area (TPSA) is 58.2 Å². The Kier molecular flexibility index (Phi) is 3.97. The number of rotatable bonds is 3. The summed E-state index contributed by atoms with van der Waals surface area (Å²) in [5.41, 5.74) is 3.10. The summed E-state index contributed by atoms with van der Waals surface area (Å²) in [5.74, 6) is 0.617. The molecule has 0 aromatic heterocycles. The molecule has 1 saturated carbocycles. The molecule has 2 aliphatic rings. The zero-order chi connectivity index (χ0) is 15.0. The zero-order valence-electron chi connectivity index (χ0n) is 12.8. The van der Waals surface area contributed by atoms with Crippen molar-refractivity contribution in [2.24, 2.45) is 5.92 Å². The Bertz CT molecular complexity index is 640. The van der Waals surface area contributed by atoms with E-state index in [1.165, 1.54) is 0 Å². The Balaban J connectivity index is 1.92. The SMILES string of the molecule is Cc1ccc(S(=O)(=O)NC2CCC(C)C2)c2c1NCCC2. The van der Waals surface area contributed by atoms with Gasteiger partial charge in [-0.1, -0.05) is 13.0 Å². The maximum absolute atomic E-state index is 12.7. The predicted octanol–water partition coefficient (Wildman–Crippen LogP) is 2.82. The lowest BCUT2D eigenvalue weighted by Crippen LogP contribution is -2.34. The lowest BCUT2D eigenvalue weighted by molar-refractivity contribution is 0.537. The van der Waals surface area contributed by atoms with Crippen molar-refractivity contribution in [3.63, 3.8) is 0 Å². The fourth-order valence-electron chi connectivity index (χ4n) is 3.57. The molecule has 1 aliphatic heterocycles. The first-order valence-corrected chi connectivity index (χ1v) is 9.34. The monoisotopic (exact) mass is 308 g/mol. The van der Waals surface area contributed by atoms with Crippen molar-refractivity contribution in [3.05, 3.63) is 23.3 Å². The summed E-state index contributed by atoms with van der Waals surface area (Å²) in [6.45, 7) is 5.14. The van der Waals surface area contributed by atoms with Crippen LogP contribution in [0, 0.1) is 12.8 Å². The molecule has 0 amide bonds. The van der Waals surface area contributed by atoms with Gasteiger partial charge in [-0.05, 0) is 62.1 Å². The Morgan fingerprint density at radius 2 is 2.10 bits per heavy atom. The number of sulfonamides is 1. The molecule has 1 aliphatic carbocycles. The number of nitrogens with one attached hydrogen (secondary N) is 2. The van der Waals surface area contributed by atoms with Gasteiger partial charge in [0.25, 0.3) is 0 Å². The first-order valence-electron chi connectivity index (χ1n) is 7.86. The summed E-state index contributed by atoms with van der Waals surface area (Å²) >= 11 is 0. The van der Waals surface area contributed by atoms with E-state index in [9.17, 15) is 8.42 Å². The van der Waals surface area contributed by atoms with Crippen LogP contribution in [0.15, 0.2) is 17.0 Å². The molecular weight excluding hydrogens is 284 g/mol. The Morgan fingerprint density at radius 1 is 1.29 bits per heavy atom. The molecular formula is C16H24N2O2S. The standard InChI is InChI=1S/C16H24N2O2S/c1-11-5-7-13(10-11)18-21(19,20)15-8-6-12(2)16-14(15)4-3-9-17-16/h6,8,11,13,17-18H,3-5,7,9-10H2,1-2H3. The molecule has 2 N–H and O–H groups in total. The molecule has 21 heavy (non-hydrogen) atoms. The average molecular weight is 308 g/mol. The molecule has 0 radical (unpaired) electrons. The van der Waals surface area contributed by atoms with Crippen LogP contribution < -0.4 is 10.0 Å². The molecule has 3 rings (SSSR count). The van der Waals surface area contributed by atoms with E-state index in [1.54, 1.807) is 6.07 Å². The fraction of sp³-hybridized carbons (Fsp3) is 0.625. The fourth-order valence-corrected chi connectivity index (χ4v) is 5.12. The predicted molar refractivity (Wildman–Crippen MR) is 85.1 cm³/mol. The lowest BCUT2D eigenvalue weighted by Gasteiger charge is -2.24. The van der Waals surface area contributed by atoms with Crippen molar-refractivity contribution >= 4 is 15.7 Å². The Morgan fingerprint density at radius 3 is 2.81 bits per heavy atom. The van der Waals surface area contributed by atoms with E-state index in [1.807, 2.05) is 13.0 Å². The van der Waals surface area contributed by atoms with Gasteiger partial charge in [-0.3, -0.25) is 0 Å². The van der Waals surface area contributed by atoms with Gasteiger partial charge in [0.2, 0.25) is 10.0 Å². The van der Waals surface area contributed by atoms with Gasteiger partial charge >= 0.3 is 0 Å². The number of benzene rings is 1. The van der Waals surface area contributed by atoms with Crippen LogP contribution in [-0.4, -0.2) is 21.0 Å². The van der Waals surface area contributed by atoms with E-state index in [2.05, 4.69) is 17.0 Å². The van der Waals surface area contributed by atoms with Crippen LogP contribution in [0.4, 0.5) is 5.69 Å². The highest BCUT2D eigenvalue weighted by Gasteiger charge is 2.29. The molecule has 1 aromatic carbocycles. The lowest BCUT2D eigenvalue weighted by atomic mass is 10.00. The van der Waals surface area contributed by atoms with E-state index in [-0.39, 0.29) is 6.04 Å². The zero-order valence-corrected chi connectivity index (χ0v) is 13.6. The minimum Gasteiger partial charge on any atom is -0.385 e. The van der Waals surface area contributed by atoms with Crippen molar-refractivity contribution < 1.29 is 8.42 Å². The van der Waals surface area contributed by atoms with Gasteiger partial charge in [0, 0.05) is 18.3 Å². The molecule has 0 bridgehead atoms. The minimum atomic E-state index is -3.42. The maximum Gasteiger partial charge on any atom is 0.241 e. The first kappa shape index (κ1) is 14.9. The van der Waals surface area contributed by atoms with Gasteiger partial charge < -0.3 is 5.32 Å². The second-order valence-electron chi connectivity index (χ2n) is 6.50. The maximum atomic E-state index is 12.7. The second kappa shape index (κ2) is 5.61. The molecule has 1 aromatic rings. The van der Waals surface area contributed by atoms with Crippen LogP contribution in [0.1, 0.15) is 43.7 Å². The van der Waals surface area contributed by atoms with Gasteiger partial charge in [-0.2, -0.15) is 0 Å². The molecule has 2 unspecified atom stereocenters. The van der Waals surface area contributed by atoms with Crippen molar-refractivity contribution in [2.45, 2.75) is 56.9 Å². The highest BCUT2D eigenvalue weighted by molar-refractivity contribution is 7.89. The van der Waals surface area contributed by atoms with E-state index >= 15 is 0 Å². The number of hydrogen-bond donors (Lipinski definition) is 2. The molecule has 4 nitrogen and oxygen atoms in total. The van der Waals surface area contributed by atoms with Crippen molar-refractivity contribution in [1.82, 2.24) is 4.72 Å². The van der Waals surface area contributed by atoms with Crippen molar-refractivity contribution in [2.75, 3.05) is 11.9 Å². The molecule has 2 atom stereocenters. The highest BCUT2D eigenvalue weighted by Crippen LogP contribution is 2.32. The van der Waals surface area contributed by atoms with Crippen molar-refractivity contribution in [3.8, 4) is 0 Å². The van der Waals surface area contributed by atoms with Gasteiger partial charge in [0.05, 0.1) is 4.90 Å². The Labute approximate surface area is 127 Å². The first-order chi connectivity index (χ1) is 9.97. The molecule has 0 spiro atoms. The number of aryl methyl sites for hydroxylation is 1. The number of hydrogen-bond acceptors (Lipinski definition) is 3.